The molecule has 0 radical (unpaired) electrons. The van der Waals surface area contributed by atoms with E-state index in [0.29, 0.717) is 11.3 Å². The molecule has 0 aromatic heterocycles. The van der Waals surface area contributed by atoms with Crippen molar-refractivity contribution in [2.75, 3.05) is 48.4 Å². The van der Waals surface area contributed by atoms with Crippen molar-refractivity contribution >= 4 is 28.9 Å². The maximum Gasteiger partial charge on any atom is 0.253 e. The minimum Gasteiger partial charge on any atom is -0.495 e. The number of nitrogens with one attached hydrogen (secondary N) is 2. The molecule has 2 aromatic carbocycles. The zero-order valence-electron chi connectivity index (χ0n) is 19.6. The molecule has 0 saturated carbocycles. The molecule has 7 heteroatoms. The number of hydrogen-bond donors (Lipinski definition) is 2. The first-order valence-electron chi connectivity index (χ1n) is 11.2. The Morgan fingerprint density at radius 2 is 1.53 bits per heavy atom. The van der Waals surface area contributed by atoms with Crippen molar-refractivity contribution < 1.29 is 14.3 Å². The average molecular weight is 439 g/mol. The van der Waals surface area contributed by atoms with Gasteiger partial charge in [-0.05, 0) is 44.2 Å². The minimum absolute atomic E-state index is 0.0201. The highest BCUT2D eigenvalue weighted by molar-refractivity contribution is 6.02. The Labute approximate surface area is 190 Å². The molecule has 2 aromatic rings. The van der Waals surface area contributed by atoms with Crippen LogP contribution in [0, 0.1) is 5.92 Å². The lowest BCUT2D eigenvalue weighted by Gasteiger charge is -2.38. The second-order valence-corrected chi connectivity index (χ2v) is 8.65. The van der Waals surface area contributed by atoms with Crippen LogP contribution in [-0.4, -0.2) is 51.1 Å². The Bertz CT molecular complexity index is 950. The van der Waals surface area contributed by atoms with E-state index < -0.39 is 0 Å². The molecule has 0 atom stereocenters. The minimum atomic E-state index is -0.136. The van der Waals surface area contributed by atoms with Crippen LogP contribution in [0.3, 0.4) is 0 Å². The summed E-state index contributed by atoms with van der Waals surface area (Å²) in [5.41, 5.74) is 3.17. The smallest absolute Gasteiger partial charge is 0.253 e. The monoisotopic (exact) mass is 438 g/mol. The van der Waals surface area contributed by atoms with Crippen LogP contribution in [0.25, 0.3) is 0 Å². The fourth-order valence-electron chi connectivity index (χ4n) is 3.78. The van der Waals surface area contributed by atoms with E-state index in [1.54, 1.807) is 13.2 Å². The largest absolute Gasteiger partial charge is 0.495 e. The Morgan fingerprint density at radius 3 is 2.12 bits per heavy atom. The van der Waals surface area contributed by atoms with Crippen LogP contribution in [0.2, 0.25) is 0 Å². The highest BCUT2D eigenvalue weighted by Crippen LogP contribution is 2.31. The summed E-state index contributed by atoms with van der Waals surface area (Å²) >= 11 is 0. The molecular formula is C25H34N4O3. The van der Waals surface area contributed by atoms with Crippen molar-refractivity contribution in [3.8, 4) is 5.75 Å². The van der Waals surface area contributed by atoms with Gasteiger partial charge in [-0.15, -0.1) is 0 Å². The zero-order valence-corrected chi connectivity index (χ0v) is 19.6. The van der Waals surface area contributed by atoms with Crippen LogP contribution >= 0.6 is 0 Å². The van der Waals surface area contributed by atoms with Crippen LogP contribution in [0.4, 0.5) is 17.1 Å². The molecule has 1 fully saturated rings. The van der Waals surface area contributed by atoms with Crippen LogP contribution < -0.4 is 25.2 Å². The van der Waals surface area contributed by atoms with E-state index in [2.05, 4.69) is 26.5 Å². The van der Waals surface area contributed by atoms with Crippen molar-refractivity contribution in [3.63, 3.8) is 0 Å². The van der Waals surface area contributed by atoms with Gasteiger partial charge < -0.3 is 25.2 Å². The predicted molar refractivity (Wildman–Crippen MR) is 130 cm³/mol. The van der Waals surface area contributed by atoms with Crippen LogP contribution in [0.1, 0.15) is 38.1 Å². The third-order valence-electron chi connectivity index (χ3n) is 5.50. The zero-order chi connectivity index (χ0) is 23.3. The maximum absolute atomic E-state index is 13.0. The van der Waals surface area contributed by atoms with E-state index >= 15 is 0 Å². The number of carbonyl (C=O) groups excluding carboxylic acids is 2. The molecule has 0 aliphatic carbocycles. The van der Waals surface area contributed by atoms with E-state index in [-0.39, 0.29) is 23.8 Å². The Morgan fingerprint density at radius 1 is 0.906 bits per heavy atom. The van der Waals surface area contributed by atoms with Crippen molar-refractivity contribution in [2.45, 2.75) is 33.7 Å². The van der Waals surface area contributed by atoms with E-state index in [1.165, 1.54) is 0 Å². The molecule has 172 valence electrons. The molecule has 1 aliphatic heterocycles. The summed E-state index contributed by atoms with van der Waals surface area (Å²) in [6.07, 6.45) is 0. The number of anilines is 3. The van der Waals surface area contributed by atoms with Crippen LogP contribution in [0.5, 0.6) is 5.75 Å². The lowest BCUT2D eigenvalue weighted by atomic mass is 10.1. The van der Waals surface area contributed by atoms with Gasteiger partial charge in [0.15, 0.2) is 0 Å². The summed E-state index contributed by atoms with van der Waals surface area (Å²) in [4.78, 5) is 29.7. The third-order valence-corrected chi connectivity index (χ3v) is 5.50. The van der Waals surface area contributed by atoms with Crippen molar-refractivity contribution in [1.29, 1.82) is 0 Å². The van der Waals surface area contributed by atoms with Gasteiger partial charge in [0, 0.05) is 49.5 Å². The summed E-state index contributed by atoms with van der Waals surface area (Å²) < 4.78 is 5.52. The fourth-order valence-corrected chi connectivity index (χ4v) is 3.78. The SMILES string of the molecule is COc1ccccc1N1CCN(c2ccc(NC(=O)C(C)C)cc2C(=O)NC(C)C)CC1. The summed E-state index contributed by atoms with van der Waals surface area (Å²) in [5.74, 6) is 0.523. The van der Waals surface area contributed by atoms with E-state index in [1.807, 2.05) is 58.0 Å². The van der Waals surface area contributed by atoms with Gasteiger partial charge in [0.2, 0.25) is 5.91 Å². The normalized spacial score (nSPS) is 14.0. The molecule has 1 saturated heterocycles. The highest BCUT2D eigenvalue weighted by Gasteiger charge is 2.24. The van der Waals surface area contributed by atoms with Gasteiger partial charge in [-0.3, -0.25) is 9.59 Å². The first kappa shape index (κ1) is 23.4. The van der Waals surface area contributed by atoms with Gasteiger partial charge in [-0.1, -0.05) is 26.0 Å². The Balaban J connectivity index is 1.82. The standard InChI is InChI=1S/C25H34N4O3/c1-17(2)24(30)27-19-10-11-21(20(16-19)25(31)26-18(3)4)28-12-14-29(15-13-28)22-8-6-7-9-23(22)32-5/h6-11,16-18H,12-15H2,1-5H3,(H,26,31)(H,27,30). The first-order chi connectivity index (χ1) is 15.3. The summed E-state index contributed by atoms with van der Waals surface area (Å²) in [6, 6.07) is 13.6. The molecular weight excluding hydrogens is 404 g/mol. The topological polar surface area (TPSA) is 73.9 Å². The lowest BCUT2D eigenvalue weighted by molar-refractivity contribution is -0.118. The van der Waals surface area contributed by atoms with E-state index in [0.717, 1.165) is 43.3 Å². The second-order valence-electron chi connectivity index (χ2n) is 8.65. The summed E-state index contributed by atoms with van der Waals surface area (Å²) in [5, 5.41) is 5.89. The number of nitrogens with zero attached hydrogens (tertiary/aromatic N) is 2. The third kappa shape index (κ3) is 5.52. The van der Waals surface area contributed by atoms with Gasteiger partial charge >= 0.3 is 0 Å². The quantitative estimate of drug-likeness (QED) is 0.689. The first-order valence-corrected chi connectivity index (χ1v) is 11.2. The summed E-state index contributed by atoms with van der Waals surface area (Å²) in [7, 11) is 1.69. The molecule has 32 heavy (non-hydrogen) atoms. The van der Waals surface area contributed by atoms with Crippen molar-refractivity contribution in [2.24, 2.45) is 5.92 Å². The number of methoxy groups -OCH3 is 1. The Kier molecular flexibility index (Phi) is 7.62. The lowest BCUT2D eigenvalue weighted by Crippen LogP contribution is -2.47. The number of rotatable bonds is 7. The number of amides is 2. The Hall–Kier alpha value is -3.22. The molecule has 2 N–H and O–H groups in total. The number of para-hydroxylation sites is 2. The number of ether oxygens (including phenoxy) is 1. The molecule has 0 unspecified atom stereocenters. The maximum atomic E-state index is 13.0. The predicted octanol–water partition coefficient (Wildman–Crippen LogP) is 3.75. The number of hydrogen-bond acceptors (Lipinski definition) is 5. The molecule has 1 aliphatic rings. The molecule has 2 amide bonds. The number of carbonyl (C=O) groups is 2. The van der Waals surface area contributed by atoms with Gasteiger partial charge in [0.1, 0.15) is 5.75 Å². The highest BCUT2D eigenvalue weighted by atomic mass is 16.5. The van der Waals surface area contributed by atoms with Gasteiger partial charge in [0.25, 0.3) is 5.91 Å². The van der Waals surface area contributed by atoms with Gasteiger partial charge in [0.05, 0.1) is 18.4 Å². The molecule has 7 nitrogen and oxygen atoms in total. The van der Waals surface area contributed by atoms with E-state index in [4.69, 9.17) is 4.74 Å². The van der Waals surface area contributed by atoms with Crippen molar-refractivity contribution in [3.05, 3.63) is 48.0 Å². The van der Waals surface area contributed by atoms with E-state index in [9.17, 15) is 9.59 Å². The number of piperazine rings is 1. The molecule has 0 bridgehead atoms. The van der Waals surface area contributed by atoms with Crippen LogP contribution in [0.15, 0.2) is 42.5 Å². The molecule has 1 heterocycles. The number of benzene rings is 2. The second kappa shape index (κ2) is 10.4. The molecule has 0 spiro atoms. The summed E-state index contributed by atoms with van der Waals surface area (Å²) in [6.45, 7) is 10.8. The van der Waals surface area contributed by atoms with Gasteiger partial charge in [-0.2, -0.15) is 0 Å². The average Bonchev–Trinajstić information content (AvgIpc) is 2.78. The fraction of sp³-hybridized carbons (Fsp3) is 0.440. The molecule has 3 rings (SSSR count). The van der Waals surface area contributed by atoms with Crippen LogP contribution in [-0.2, 0) is 4.79 Å². The van der Waals surface area contributed by atoms with Crippen molar-refractivity contribution in [1.82, 2.24) is 5.32 Å². The van der Waals surface area contributed by atoms with Gasteiger partial charge in [-0.25, -0.2) is 0 Å².